The number of carbonyl (C=O) groups excluding carboxylic acids is 1. The predicted octanol–water partition coefficient (Wildman–Crippen LogP) is 1.77. The number of hydrogen-bond acceptors (Lipinski definition) is 5. The maximum Gasteiger partial charge on any atom is 0.258 e. The van der Waals surface area contributed by atoms with E-state index in [2.05, 4.69) is 20.3 Å². The fourth-order valence-corrected chi connectivity index (χ4v) is 2.22. The maximum absolute atomic E-state index is 12.1. The zero-order chi connectivity index (χ0) is 16.1. The monoisotopic (exact) mass is 311 g/mol. The summed E-state index contributed by atoms with van der Waals surface area (Å²) in [6.07, 6.45) is 9.38. The van der Waals surface area contributed by atoms with Crippen LogP contribution in [0.2, 0.25) is 0 Å². The largest absolute Gasteiger partial charge is 0.482 e. The highest BCUT2D eigenvalue weighted by molar-refractivity contribution is 5.78. The van der Waals surface area contributed by atoms with Crippen molar-refractivity contribution in [3.8, 4) is 5.75 Å². The Morgan fingerprint density at radius 2 is 2.30 bits per heavy atom. The first kappa shape index (κ1) is 15.0. The van der Waals surface area contributed by atoms with Crippen LogP contribution in [0.1, 0.15) is 25.1 Å². The smallest absolute Gasteiger partial charge is 0.258 e. The van der Waals surface area contributed by atoms with Crippen molar-refractivity contribution in [3.05, 3.63) is 54.9 Å². The van der Waals surface area contributed by atoms with Crippen molar-refractivity contribution in [2.75, 3.05) is 6.61 Å². The van der Waals surface area contributed by atoms with Gasteiger partial charge in [-0.15, -0.1) is 0 Å². The number of aromatic nitrogens is 4. The van der Waals surface area contributed by atoms with Gasteiger partial charge in [-0.3, -0.25) is 14.2 Å². The van der Waals surface area contributed by atoms with Gasteiger partial charge in [0, 0.05) is 24.8 Å². The molecule has 0 fully saturated rings. The Kier molecular flexibility index (Phi) is 4.46. The molecule has 0 radical (unpaired) electrons. The topological polar surface area (TPSA) is 81.4 Å². The third-order valence-electron chi connectivity index (χ3n) is 3.36. The van der Waals surface area contributed by atoms with Gasteiger partial charge in [-0.1, -0.05) is 6.92 Å². The Labute approximate surface area is 133 Å². The van der Waals surface area contributed by atoms with Gasteiger partial charge in [-0.25, -0.2) is 9.97 Å². The fourth-order valence-electron chi connectivity index (χ4n) is 2.22. The molecule has 3 rings (SSSR count). The average Bonchev–Trinajstić information content (AvgIpc) is 3.02. The Balaban J connectivity index is 1.63. The van der Waals surface area contributed by atoms with E-state index in [4.69, 9.17) is 4.74 Å². The summed E-state index contributed by atoms with van der Waals surface area (Å²) in [6.45, 7) is 1.93. The second-order valence-electron chi connectivity index (χ2n) is 5.00. The lowest BCUT2D eigenvalue weighted by atomic mass is 10.1. The highest BCUT2D eigenvalue weighted by Gasteiger charge is 2.16. The van der Waals surface area contributed by atoms with Gasteiger partial charge in [0.1, 0.15) is 5.75 Å². The summed E-state index contributed by atoms with van der Waals surface area (Å²) in [5.74, 6) is 0.972. The van der Waals surface area contributed by atoms with Crippen LogP contribution in [0, 0.1) is 0 Å². The summed E-state index contributed by atoms with van der Waals surface area (Å²) in [5.41, 5.74) is 0.779. The van der Waals surface area contributed by atoms with Gasteiger partial charge in [0.15, 0.2) is 6.61 Å². The molecule has 1 N–H and O–H groups in total. The quantitative estimate of drug-likeness (QED) is 0.750. The lowest BCUT2D eigenvalue weighted by Crippen LogP contribution is -2.32. The maximum atomic E-state index is 12.1. The number of amides is 1. The second kappa shape index (κ2) is 6.87. The highest BCUT2D eigenvalue weighted by Crippen LogP contribution is 2.16. The Morgan fingerprint density at radius 1 is 1.39 bits per heavy atom. The molecule has 3 aromatic heterocycles. The van der Waals surface area contributed by atoms with E-state index in [1.807, 2.05) is 29.8 Å². The van der Waals surface area contributed by atoms with E-state index in [1.54, 1.807) is 30.7 Å². The van der Waals surface area contributed by atoms with Crippen LogP contribution in [0.5, 0.6) is 5.75 Å². The van der Waals surface area contributed by atoms with Crippen molar-refractivity contribution in [2.45, 2.75) is 19.4 Å². The molecule has 7 nitrogen and oxygen atoms in total. The number of hydrogen-bond donors (Lipinski definition) is 1. The zero-order valence-corrected chi connectivity index (χ0v) is 12.7. The molecule has 23 heavy (non-hydrogen) atoms. The number of imidazole rings is 1. The molecule has 0 saturated heterocycles. The molecule has 118 valence electrons. The number of rotatable bonds is 6. The van der Waals surface area contributed by atoms with Crippen molar-refractivity contribution < 1.29 is 9.53 Å². The van der Waals surface area contributed by atoms with Crippen molar-refractivity contribution in [2.24, 2.45) is 0 Å². The SMILES string of the molecule is CC[C@@H](NC(=O)COc1cccnc1)c1cn2cccnc2n1. The summed E-state index contributed by atoms with van der Waals surface area (Å²) in [4.78, 5) is 24.6. The van der Waals surface area contributed by atoms with Crippen LogP contribution in [0.4, 0.5) is 0 Å². The van der Waals surface area contributed by atoms with Crippen molar-refractivity contribution in [3.63, 3.8) is 0 Å². The van der Waals surface area contributed by atoms with E-state index < -0.39 is 0 Å². The molecular weight excluding hydrogens is 294 g/mol. The molecule has 7 heteroatoms. The Bertz CT molecular complexity index is 754. The summed E-state index contributed by atoms with van der Waals surface area (Å²) in [5, 5.41) is 2.93. The van der Waals surface area contributed by atoms with Crippen LogP contribution >= 0.6 is 0 Å². The summed E-state index contributed by atoms with van der Waals surface area (Å²) in [7, 11) is 0. The lowest BCUT2D eigenvalue weighted by molar-refractivity contribution is -0.123. The molecule has 1 atom stereocenters. The summed E-state index contributed by atoms with van der Waals surface area (Å²) >= 11 is 0. The minimum absolute atomic E-state index is 0.0617. The molecular formula is C16H17N5O2. The van der Waals surface area contributed by atoms with Crippen molar-refractivity contribution in [1.29, 1.82) is 0 Å². The third-order valence-corrected chi connectivity index (χ3v) is 3.36. The fraction of sp³-hybridized carbons (Fsp3) is 0.250. The third kappa shape index (κ3) is 3.63. The van der Waals surface area contributed by atoms with Gasteiger partial charge < -0.3 is 10.1 Å². The summed E-state index contributed by atoms with van der Waals surface area (Å²) < 4.78 is 7.23. The first-order valence-corrected chi connectivity index (χ1v) is 7.38. The van der Waals surface area contributed by atoms with E-state index in [0.29, 0.717) is 11.5 Å². The Morgan fingerprint density at radius 3 is 3.04 bits per heavy atom. The highest BCUT2D eigenvalue weighted by atomic mass is 16.5. The molecule has 0 bridgehead atoms. The van der Waals surface area contributed by atoms with Crippen LogP contribution in [0.15, 0.2) is 49.2 Å². The van der Waals surface area contributed by atoms with Crippen LogP contribution in [-0.4, -0.2) is 31.9 Å². The molecule has 0 aliphatic carbocycles. The molecule has 1 amide bonds. The normalized spacial score (nSPS) is 12.0. The molecule has 0 aromatic carbocycles. The predicted molar refractivity (Wildman–Crippen MR) is 83.9 cm³/mol. The zero-order valence-electron chi connectivity index (χ0n) is 12.7. The number of nitrogens with zero attached hydrogens (tertiary/aromatic N) is 4. The average molecular weight is 311 g/mol. The van der Waals surface area contributed by atoms with Crippen molar-refractivity contribution in [1.82, 2.24) is 24.7 Å². The second-order valence-corrected chi connectivity index (χ2v) is 5.00. The first-order valence-electron chi connectivity index (χ1n) is 7.38. The van der Waals surface area contributed by atoms with Crippen molar-refractivity contribution >= 4 is 11.7 Å². The number of fused-ring (bicyclic) bond motifs is 1. The van der Waals surface area contributed by atoms with E-state index >= 15 is 0 Å². The lowest BCUT2D eigenvalue weighted by Gasteiger charge is -2.14. The van der Waals surface area contributed by atoms with E-state index in [9.17, 15) is 4.79 Å². The molecule has 0 spiro atoms. The van der Waals surface area contributed by atoms with E-state index in [-0.39, 0.29) is 18.6 Å². The van der Waals surface area contributed by atoms with Gasteiger partial charge in [0.05, 0.1) is 17.9 Å². The first-order chi connectivity index (χ1) is 11.3. The number of ether oxygens (including phenoxy) is 1. The standard InChI is InChI=1S/C16H17N5O2/c1-2-13(14-10-21-8-4-7-18-16(21)20-14)19-15(22)11-23-12-5-3-6-17-9-12/h3-10,13H,2,11H2,1H3,(H,19,22)/t13-/m1/s1. The van der Waals surface area contributed by atoms with Crippen LogP contribution in [-0.2, 0) is 4.79 Å². The molecule has 3 heterocycles. The van der Waals surface area contributed by atoms with Gasteiger partial charge in [0.2, 0.25) is 5.78 Å². The molecule has 0 aliphatic rings. The van der Waals surface area contributed by atoms with Crippen LogP contribution < -0.4 is 10.1 Å². The van der Waals surface area contributed by atoms with Crippen LogP contribution in [0.25, 0.3) is 5.78 Å². The minimum atomic E-state index is -0.203. The van der Waals surface area contributed by atoms with E-state index in [1.165, 1.54) is 0 Å². The van der Waals surface area contributed by atoms with Crippen LogP contribution in [0.3, 0.4) is 0 Å². The van der Waals surface area contributed by atoms with E-state index in [0.717, 1.165) is 12.1 Å². The molecule has 0 saturated carbocycles. The number of nitrogens with one attached hydrogen (secondary N) is 1. The minimum Gasteiger partial charge on any atom is -0.482 e. The van der Waals surface area contributed by atoms with Gasteiger partial charge >= 0.3 is 0 Å². The molecule has 0 aliphatic heterocycles. The van der Waals surface area contributed by atoms with Gasteiger partial charge in [0.25, 0.3) is 5.91 Å². The van der Waals surface area contributed by atoms with Gasteiger partial charge in [-0.05, 0) is 24.6 Å². The van der Waals surface area contributed by atoms with Gasteiger partial charge in [-0.2, -0.15) is 0 Å². The number of carbonyl (C=O) groups is 1. The molecule has 3 aromatic rings. The number of pyridine rings is 1. The summed E-state index contributed by atoms with van der Waals surface area (Å²) in [6, 6.07) is 5.17. The molecule has 0 unspecified atom stereocenters. The Hall–Kier alpha value is -2.96.